The average molecular weight is 320 g/mol. The smallest absolute Gasteiger partial charge is 0.414 e. The van der Waals surface area contributed by atoms with Crippen LogP contribution in [-0.2, 0) is 0 Å². The molecule has 0 saturated carbocycles. The van der Waals surface area contributed by atoms with Crippen LogP contribution in [0.2, 0.25) is 0 Å². The number of rotatable bonds is 5. The Bertz CT molecular complexity index is 814. The normalized spacial score (nSPS) is 10.2. The van der Waals surface area contributed by atoms with E-state index in [0.717, 1.165) is 11.1 Å². The first-order valence-electron chi connectivity index (χ1n) is 7.79. The molecular formula is C20H18NO3+. The number of esters is 1. The molecule has 4 nitrogen and oxygen atoms in total. The van der Waals surface area contributed by atoms with Gasteiger partial charge in [0.1, 0.15) is 5.75 Å². The highest BCUT2D eigenvalue weighted by molar-refractivity contribution is 5.87. The lowest BCUT2D eigenvalue weighted by molar-refractivity contribution is -0.892. The molecular weight excluding hydrogens is 302 g/mol. The number of carbonyl (C=O) groups excluding carboxylic acids is 1. The lowest BCUT2D eigenvalue weighted by atomic mass is 10.1. The molecule has 1 heterocycles. The fourth-order valence-corrected chi connectivity index (χ4v) is 2.34. The first-order valence-corrected chi connectivity index (χ1v) is 7.79. The van der Waals surface area contributed by atoms with E-state index in [1.54, 1.807) is 36.5 Å². The van der Waals surface area contributed by atoms with E-state index in [1.165, 1.54) is 4.73 Å². The highest BCUT2D eigenvalue weighted by Crippen LogP contribution is 2.22. The summed E-state index contributed by atoms with van der Waals surface area (Å²) >= 11 is 0. The number of aromatic nitrogens is 1. The van der Waals surface area contributed by atoms with Crippen LogP contribution in [0.1, 0.15) is 17.4 Å². The topological polar surface area (TPSA) is 39.4 Å². The van der Waals surface area contributed by atoms with E-state index >= 15 is 0 Å². The molecule has 0 spiro atoms. The molecule has 24 heavy (non-hydrogen) atoms. The van der Waals surface area contributed by atoms with Gasteiger partial charge in [-0.25, -0.2) is 4.79 Å². The van der Waals surface area contributed by atoms with Crippen LogP contribution in [-0.4, -0.2) is 12.6 Å². The number of nitrogens with zero attached hydrogens (tertiary/aromatic N) is 1. The Labute approximate surface area is 140 Å². The summed E-state index contributed by atoms with van der Waals surface area (Å²) in [5, 5.41) is 0. The Kier molecular flexibility index (Phi) is 4.87. The van der Waals surface area contributed by atoms with Gasteiger partial charge in [0.25, 0.3) is 0 Å². The third-order valence-corrected chi connectivity index (χ3v) is 3.47. The molecule has 0 atom stereocenters. The van der Waals surface area contributed by atoms with Crippen molar-refractivity contribution in [1.82, 2.24) is 0 Å². The summed E-state index contributed by atoms with van der Waals surface area (Å²) in [5.41, 5.74) is 2.53. The minimum Gasteiger partial charge on any atom is -0.418 e. The van der Waals surface area contributed by atoms with E-state index in [2.05, 4.69) is 0 Å². The maximum Gasteiger partial charge on any atom is 0.414 e. The lowest BCUT2D eigenvalue weighted by Gasteiger charge is -2.05. The van der Waals surface area contributed by atoms with Gasteiger partial charge in [0.2, 0.25) is 6.20 Å². The van der Waals surface area contributed by atoms with Crippen LogP contribution >= 0.6 is 0 Å². The Morgan fingerprint density at radius 2 is 1.54 bits per heavy atom. The molecule has 0 saturated heterocycles. The van der Waals surface area contributed by atoms with Crippen molar-refractivity contribution >= 4 is 5.97 Å². The maximum atomic E-state index is 12.3. The van der Waals surface area contributed by atoms with Gasteiger partial charge in [0, 0.05) is 16.9 Å². The quantitative estimate of drug-likeness (QED) is 0.411. The van der Waals surface area contributed by atoms with Gasteiger partial charge >= 0.3 is 11.7 Å². The van der Waals surface area contributed by atoms with Crippen molar-refractivity contribution in [3.05, 3.63) is 84.7 Å². The summed E-state index contributed by atoms with van der Waals surface area (Å²) in [6.07, 6.45) is 1.68. The highest BCUT2D eigenvalue weighted by Gasteiger charge is 2.22. The zero-order valence-corrected chi connectivity index (χ0v) is 13.4. The van der Waals surface area contributed by atoms with Crippen LogP contribution in [0.15, 0.2) is 79.0 Å². The fourth-order valence-electron chi connectivity index (χ4n) is 2.34. The molecule has 120 valence electrons. The molecule has 3 rings (SSSR count). The predicted molar refractivity (Wildman–Crippen MR) is 90.6 cm³/mol. The number of hydrogen-bond donors (Lipinski definition) is 0. The average Bonchev–Trinajstić information content (AvgIpc) is 2.64. The largest absolute Gasteiger partial charge is 0.418 e. The molecule has 0 unspecified atom stereocenters. The molecule has 0 amide bonds. The predicted octanol–water partition coefficient (Wildman–Crippen LogP) is 3.31. The van der Waals surface area contributed by atoms with E-state index in [9.17, 15) is 4.79 Å². The number of carbonyl (C=O) groups is 1. The standard InChI is InChI=1S/C20H18NO3/c1-2-23-21-15-7-6-10-19(21)20(22)24-18-13-11-17(12-14-18)16-8-4-3-5-9-16/h3-15H,2H2,1H3/q+1. The van der Waals surface area contributed by atoms with Gasteiger partial charge in [-0.3, -0.25) is 4.84 Å². The monoisotopic (exact) mass is 320 g/mol. The Balaban J connectivity index is 1.76. The molecule has 2 aromatic carbocycles. The molecule has 4 heteroatoms. The van der Waals surface area contributed by atoms with Crippen LogP contribution in [0.5, 0.6) is 5.75 Å². The molecule has 0 aliphatic carbocycles. The number of hydrogen-bond acceptors (Lipinski definition) is 3. The van der Waals surface area contributed by atoms with Crippen molar-refractivity contribution < 1.29 is 19.1 Å². The third-order valence-electron chi connectivity index (χ3n) is 3.47. The van der Waals surface area contributed by atoms with Crippen LogP contribution in [0.25, 0.3) is 11.1 Å². The second kappa shape index (κ2) is 7.42. The summed E-state index contributed by atoms with van der Waals surface area (Å²) in [5.74, 6) is 0.0306. The van der Waals surface area contributed by atoms with E-state index in [1.807, 2.05) is 49.4 Å². The van der Waals surface area contributed by atoms with Gasteiger partial charge in [0.15, 0.2) is 6.61 Å². The van der Waals surface area contributed by atoms with Gasteiger partial charge in [0.05, 0.1) is 0 Å². The lowest BCUT2D eigenvalue weighted by Crippen LogP contribution is -2.48. The summed E-state index contributed by atoms with van der Waals surface area (Å²) in [6.45, 7) is 2.32. The maximum absolute atomic E-state index is 12.3. The molecule has 3 aromatic rings. The summed E-state index contributed by atoms with van der Waals surface area (Å²) in [7, 11) is 0. The Morgan fingerprint density at radius 1 is 0.875 bits per heavy atom. The molecule has 0 aliphatic rings. The zero-order chi connectivity index (χ0) is 16.8. The molecule has 0 fully saturated rings. The van der Waals surface area contributed by atoms with Crippen molar-refractivity contribution in [2.75, 3.05) is 6.61 Å². The van der Waals surface area contributed by atoms with Crippen LogP contribution in [0, 0.1) is 0 Å². The third kappa shape index (κ3) is 3.60. The van der Waals surface area contributed by atoms with Crippen molar-refractivity contribution in [2.24, 2.45) is 0 Å². The number of ether oxygens (including phenoxy) is 1. The second-order valence-corrected chi connectivity index (χ2v) is 5.11. The highest BCUT2D eigenvalue weighted by atomic mass is 16.7. The number of benzene rings is 2. The fraction of sp³-hybridized carbons (Fsp3) is 0.100. The van der Waals surface area contributed by atoms with Gasteiger partial charge < -0.3 is 4.74 Å². The van der Waals surface area contributed by atoms with Crippen molar-refractivity contribution in [2.45, 2.75) is 6.92 Å². The number of pyridine rings is 1. The summed E-state index contributed by atoms with van der Waals surface area (Å²) < 4.78 is 6.86. The molecule has 0 aliphatic heterocycles. The minimum atomic E-state index is -0.462. The van der Waals surface area contributed by atoms with Crippen LogP contribution in [0.3, 0.4) is 0 Å². The van der Waals surface area contributed by atoms with Gasteiger partial charge in [-0.1, -0.05) is 42.5 Å². The summed E-state index contributed by atoms with van der Waals surface area (Å²) in [4.78, 5) is 17.7. The molecule has 0 bridgehead atoms. The van der Waals surface area contributed by atoms with Crippen molar-refractivity contribution in [1.29, 1.82) is 0 Å². The molecule has 1 aromatic heterocycles. The first-order chi connectivity index (χ1) is 11.8. The Hall–Kier alpha value is -3.14. The summed E-state index contributed by atoms with van der Waals surface area (Å²) in [6, 6.07) is 22.7. The first kappa shape index (κ1) is 15.7. The SMILES string of the molecule is CCO[n+]1ccccc1C(=O)Oc1ccc(-c2ccccc2)cc1. The van der Waals surface area contributed by atoms with E-state index in [4.69, 9.17) is 9.57 Å². The second-order valence-electron chi connectivity index (χ2n) is 5.11. The minimum absolute atomic E-state index is 0.339. The van der Waals surface area contributed by atoms with Crippen LogP contribution in [0.4, 0.5) is 0 Å². The zero-order valence-electron chi connectivity index (χ0n) is 13.4. The van der Waals surface area contributed by atoms with E-state index in [-0.39, 0.29) is 0 Å². The van der Waals surface area contributed by atoms with Gasteiger partial charge in [-0.15, -0.1) is 0 Å². The van der Waals surface area contributed by atoms with Crippen molar-refractivity contribution in [3.63, 3.8) is 0 Å². The van der Waals surface area contributed by atoms with Gasteiger partial charge in [-0.05, 0) is 36.2 Å². The Morgan fingerprint density at radius 3 is 2.25 bits per heavy atom. The van der Waals surface area contributed by atoms with Gasteiger partial charge in [-0.2, -0.15) is 0 Å². The van der Waals surface area contributed by atoms with Crippen LogP contribution < -0.4 is 14.3 Å². The van der Waals surface area contributed by atoms with Crippen molar-refractivity contribution in [3.8, 4) is 16.9 Å². The molecule has 0 N–H and O–H groups in total. The molecule has 0 radical (unpaired) electrons. The van der Waals surface area contributed by atoms with E-state index < -0.39 is 5.97 Å². The van der Waals surface area contributed by atoms with E-state index in [0.29, 0.717) is 18.1 Å².